The van der Waals surface area contributed by atoms with Gasteiger partial charge in [-0.15, -0.1) is 5.10 Å². The predicted octanol–water partition coefficient (Wildman–Crippen LogP) is 1.69. The average Bonchev–Trinajstić information content (AvgIpc) is 2.61. The lowest BCUT2D eigenvalue weighted by atomic mass is 10.2. The van der Waals surface area contributed by atoms with Crippen molar-refractivity contribution >= 4 is 11.0 Å². The molecule has 4 nitrogen and oxygen atoms in total. The molecule has 74 valence electrons. The van der Waals surface area contributed by atoms with E-state index in [1.165, 1.54) is 0 Å². The highest BCUT2D eigenvalue weighted by Crippen LogP contribution is 2.14. The van der Waals surface area contributed by atoms with Crippen LogP contribution in [0.1, 0.15) is 25.9 Å². The second-order valence-electron chi connectivity index (χ2n) is 3.38. The summed E-state index contributed by atoms with van der Waals surface area (Å²) in [4.78, 5) is 0. The fourth-order valence-corrected chi connectivity index (χ4v) is 1.55. The van der Waals surface area contributed by atoms with Crippen molar-refractivity contribution < 1.29 is 0 Å². The Kier molecular flexibility index (Phi) is 2.45. The van der Waals surface area contributed by atoms with Gasteiger partial charge in [-0.2, -0.15) is 0 Å². The molecule has 1 aromatic heterocycles. The first kappa shape index (κ1) is 9.15. The number of aromatic nitrogens is 3. The Bertz CT molecular complexity index is 421. The summed E-state index contributed by atoms with van der Waals surface area (Å²) in [6.45, 7) is 2.11. The first-order valence-electron chi connectivity index (χ1n) is 4.88. The molecule has 1 unspecified atom stereocenters. The van der Waals surface area contributed by atoms with Gasteiger partial charge in [-0.1, -0.05) is 30.7 Å². The lowest BCUT2D eigenvalue weighted by molar-refractivity contribution is 0.436. The maximum atomic E-state index is 5.98. The van der Waals surface area contributed by atoms with Gasteiger partial charge in [-0.25, -0.2) is 4.68 Å². The van der Waals surface area contributed by atoms with E-state index in [0.717, 1.165) is 23.9 Å². The molecule has 2 rings (SSSR count). The molecule has 0 fully saturated rings. The molecule has 0 saturated heterocycles. The Morgan fingerprint density at radius 3 is 3.00 bits per heavy atom. The van der Waals surface area contributed by atoms with Crippen molar-refractivity contribution in [3.63, 3.8) is 0 Å². The van der Waals surface area contributed by atoms with Gasteiger partial charge in [0.25, 0.3) is 0 Å². The molecule has 1 atom stereocenters. The van der Waals surface area contributed by atoms with Gasteiger partial charge in [-0.3, -0.25) is 0 Å². The highest BCUT2D eigenvalue weighted by molar-refractivity contribution is 5.73. The van der Waals surface area contributed by atoms with Gasteiger partial charge in [0.1, 0.15) is 11.7 Å². The predicted molar refractivity (Wildman–Crippen MR) is 55.7 cm³/mol. The summed E-state index contributed by atoms with van der Waals surface area (Å²) in [5.41, 5.74) is 7.89. The zero-order valence-electron chi connectivity index (χ0n) is 8.22. The maximum Gasteiger partial charge on any atom is 0.113 e. The van der Waals surface area contributed by atoms with Crippen molar-refractivity contribution in [2.24, 2.45) is 5.73 Å². The third-order valence-corrected chi connectivity index (χ3v) is 2.28. The van der Waals surface area contributed by atoms with E-state index in [1.54, 1.807) is 4.68 Å². The molecule has 0 aliphatic rings. The third kappa shape index (κ3) is 1.48. The largest absolute Gasteiger partial charge is 0.310 e. The molecule has 0 aliphatic heterocycles. The molecule has 2 aromatic rings. The molecule has 0 saturated carbocycles. The molecule has 0 bridgehead atoms. The number of para-hydroxylation sites is 1. The van der Waals surface area contributed by atoms with Crippen molar-refractivity contribution in [2.75, 3.05) is 0 Å². The van der Waals surface area contributed by atoms with Crippen LogP contribution in [0.4, 0.5) is 0 Å². The monoisotopic (exact) mass is 190 g/mol. The number of nitrogens with zero attached hydrogens (tertiary/aromatic N) is 3. The van der Waals surface area contributed by atoms with E-state index < -0.39 is 0 Å². The Balaban J connectivity index is 2.42. The standard InChI is InChI=1S/C10H14N4/c1-2-5-10(11)14-9-7-4-3-6-8(9)12-13-14/h3-4,6-7,10H,2,5,11H2,1H3. The van der Waals surface area contributed by atoms with Crippen molar-refractivity contribution in [3.8, 4) is 0 Å². The first-order valence-corrected chi connectivity index (χ1v) is 4.88. The number of benzene rings is 1. The zero-order chi connectivity index (χ0) is 9.97. The van der Waals surface area contributed by atoms with Gasteiger partial charge < -0.3 is 5.73 Å². The molecule has 2 N–H and O–H groups in total. The second kappa shape index (κ2) is 3.75. The van der Waals surface area contributed by atoms with Gasteiger partial charge in [0, 0.05) is 0 Å². The number of hydrogen-bond donors (Lipinski definition) is 1. The van der Waals surface area contributed by atoms with Gasteiger partial charge in [0.2, 0.25) is 0 Å². The summed E-state index contributed by atoms with van der Waals surface area (Å²) in [6.07, 6.45) is 1.91. The van der Waals surface area contributed by atoms with Crippen LogP contribution in [-0.4, -0.2) is 15.0 Å². The first-order chi connectivity index (χ1) is 6.83. The van der Waals surface area contributed by atoms with Crippen LogP contribution in [-0.2, 0) is 0 Å². The van der Waals surface area contributed by atoms with Crippen molar-refractivity contribution in [1.29, 1.82) is 0 Å². The molecule has 0 aliphatic carbocycles. The lowest BCUT2D eigenvalue weighted by Crippen LogP contribution is -2.19. The summed E-state index contributed by atoms with van der Waals surface area (Å²) in [7, 11) is 0. The van der Waals surface area contributed by atoms with Crippen molar-refractivity contribution in [3.05, 3.63) is 24.3 Å². The quantitative estimate of drug-likeness (QED) is 0.801. The average molecular weight is 190 g/mol. The van der Waals surface area contributed by atoms with Crippen molar-refractivity contribution in [1.82, 2.24) is 15.0 Å². The minimum atomic E-state index is -0.0626. The molecule has 0 amide bonds. The topological polar surface area (TPSA) is 56.7 Å². The normalized spacial score (nSPS) is 13.3. The summed E-state index contributed by atoms with van der Waals surface area (Å²) in [5.74, 6) is 0. The Labute approximate surface area is 82.7 Å². The Morgan fingerprint density at radius 1 is 1.43 bits per heavy atom. The van der Waals surface area contributed by atoms with E-state index in [0.29, 0.717) is 0 Å². The summed E-state index contributed by atoms with van der Waals surface area (Å²) in [6, 6.07) is 7.86. The molecule has 0 spiro atoms. The van der Waals surface area contributed by atoms with Crippen LogP contribution in [0.15, 0.2) is 24.3 Å². The minimum Gasteiger partial charge on any atom is -0.310 e. The number of hydrogen-bond acceptors (Lipinski definition) is 3. The van der Waals surface area contributed by atoms with E-state index >= 15 is 0 Å². The van der Waals surface area contributed by atoms with Gasteiger partial charge in [-0.05, 0) is 18.6 Å². The lowest BCUT2D eigenvalue weighted by Gasteiger charge is -2.10. The van der Waals surface area contributed by atoms with E-state index in [-0.39, 0.29) is 6.17 Å². The summed E-state index contributed by atoms with van der Waals surface area (Å²) < 4.78 is 1.79. The fraction of sp³-hybridized carbons (Fsp3) is 0.400. The van der Waals surface area contributed by atoms with Crippen LogP contribution in [0.5, 0.6) is 0 Å². The number of fused-ring (bicyclic) bond motifs is 1. The van der Waals surface area contributed by atoms with Crippen LogP contribution in [0.2, 0.25) is 0 Å². The fourth-order valence-electron chi connectivity index (χ4n) is 1.55. The molecular weight excluding hydrogens is 176 g/mol. The van der Waals surface area contributed by atoms with Gasteiger partial charge in [0.05, 0.1) is 5.52 Å². The summed E-state index contributed by atoms with van der Waals surface area (Å²) >= 11 is 0. The van der Waals surface area contributed by atoms with E-state index in [9.17, 15) is 0 Å². The minimum absolute atomic E-state index is 0.0626. The Morgan fingerprint density at radius 2 is 2.21 bits per heavy atom. The Hall–Kier alpha value is -1.42. The SMILES string of the molecule is CCCC(N)n1nnc2ccccc21. The van der Waals surface area contributed by atoms with E-state index in [4.69, 9.17) is 5.73 Å². The number of rotatable bonds is 3. The zero-order valence-corrected chi connectivity index (χ0v) is 8.22. The maximum absolute atomic E-state index is 5.98. The molecule has 4 heteroatoms. The van der Waals surface area contributed by atoms with Crippen LogP contribution in [0, 0.1) is 0 Å². The molecule has 1 aromatic carbocycles. The smallest absolute Gasteiger partial charge is 0.113 e. The van der Waals surface area contributed by atoms with Gasteiger partial charge >= 0.3 is 0 Å². The van der Waals surface area contributed by atoms with Crippen LogP contribution in [0.25, 0.3) is 11.0 Å². The molecular formula is C10H14N4. The van der Waals surface area contributed by atoms with Crippen LogP contribution >= 0.6 is 0 Å². The summed E-state index contributed by atoms with van der Waals surface area (Å²) in [5, 5.41) is 8.11. The van der Waals surface area contributed by atoms with E-state index in [1.807, 2.05) is 24.3 Å². The van der Waals surface area contributed by atoms with Crippen LogP contribution in [0.3, 0.4) is 0 Å². The van der Waals surface area contributed by atoms with Crippen molar-refractivity contribution in [2.45, 2.75) is 25.9 Å². The van der Waals surface area contributed by atoms with Gasteiger partial charge in [0.15, 0.2) is 0 Å². The second-order valence-corrected chi connectivity index (χ2v) is 3.38. The molecule has 14 heavy (non-hydrogen) atoms. The highest BCUT2D eigenvalue weighted by atomic mass is 15.5. The molecule has 1 heterocycles. The number of nitrogens with two attached hydrogens (primary N) is 1. The molecule has 0 radical (unpaired) electrons. The van der Waals surface area contributed by atoms with Crippen LogP contribution < -0.4 is 5.73 Å². The van der Waals surface area contributed by atoms with E-state index in [2.05, 4.69) is 17.2 Å². The highest BCUT2D eigenvalue weighted by Gasteiger charge is 2.09. The third-order valence-electron chi connectivity index (χ3n) is 2.28.